The Hall–Kier alpha value is -2.93. The number of carbonyl (C=O) groups excluding carboxylic acids is 1. The molecule has 0 aliphatic carbocycles. The van der Waals surface area contributed by atoms with E-state index >= 15 is 0 Å². The lowest BCUT2D eigenvalue weighted by atomic mass is 9.86. The van der Waals surface area contributed by atoms with E-state index in [4.69, 9.17) is 23.7 Å². The normalized spacial score (nSPS) is 21.8. The molecule has 3 aliphatic heterocycles. The standard InChI is InChI=1S/C21H21NO6/c1-10-13(24-2)5-4-12-15(10)21(23)28-18(12)17-16-11(6-7-22-17)8-14-19(20(16)25-3)27-9-26-14/h4-5,8,17-18,22H,6-7,9H2,1-3H3/t17-,18?/m1/s1. The van der Waals surface area contributed by atoms with Gasteiger partial charge in [0.25, 0.3) is 0 Å². The van der Waals surface area contributed by atoms with Crippen molar-refractivity contribution in [1.29, 1.82) is 0 Å². The number of hydrogen-bond acceptors (Lipinski definition) is 7. The Labute approximate surface area is 162 Å². The average molecular weight is 383 g/mol. The summed E-state index contributed by atoms with van der Waals surface area (Å²) in [5.74, 6) is 2.28. The molecule has 0 saturated carbocycles. The van der Waals surface area contributed by atoms with E-state index in [2.05, 4.69) is 5.32 Å². The minimum Gasteiger partial charge on any atom is -0.496 e. The van der Waals surface area contributed by atoms with Gasteiger partial charge in [-0.15, -0.1) is 0 Å². The predicted octanol–water partition coefficient (Wildman–Crippen LogP) is 2.84. The molecule has 7 heteroatoms. The highest BCUT2D eigenvalue weighted by molar-refractivity contribution is 5.96. The second-order valence-electron chi connectivity index (χ2n) is 7.08. The summed E-state index contributed by atoms with van der Waals surface area (Å²) in [6.45, 7) is 2.81. The van der Waals surface area contributed by atoms with E-state index in [0.717, 1.165) is 35.2 Å². The number of rotatable bonds is 3. The maximum absolute atomic E-state index is 12.7. The fraction of sp³-hybridized carbons (Fsp3) is 0.381. The van der Waals surface area contributed by atoms with Crippen molar-refractivity contribution in [1.82, 2.24) is 5.32 Å². The topological polar surface area (TPSA) is 75.3 Å². The van der Waals surface area contributed by atoms with Crippen LogP contribution < -0.4 is 24.3 Å². The molecule has 0 bridgehead atoms. The van der Waals surface area contributed by atoms with Crippen LogP contribution in [0, 0.1) is 6.92 Å². The molecule has 0 amide bonds. The van der Waals surface area contributed by atoms with Gasteiger partial charge in [0.1, 0.15) is 11.9 Å². The SMILES string of the molecule is COc1ccc2c(c1C)C(=O)OC2[C@@H]1NCCc2cc3c(c(OC)c21)OCO3. The molecule has 0 saturated heterocycles. The van der Waals surface area contributed by atoms with Gasteiger partial charge in [-0.1, -0.05) is 6.07 Å². The molecule has 1 N–H and O–H groups in total. The fourth-order valence-electron chi connectivity index (χ4n) is 4.48. The van der Waals surface area contributed by atoms with E-state index in [1.807, 2.05) is 25.1 Å². The number of hydrogen-bond donors (Lipinski definition) is 1. The maximum Gasteiger partial charge on any atom is 0.339 e. The molecule has 0 radical (unpaired) electrons. The quantitative estimate of drug-likeness (QED) is 0.817. The Kier molecular flexibility index (Phi) is 3.87. The Morgan fingerprint density at radius 3 is 2.82 bits per heavy atom. The van der Waals surface area contributed by atoms with Crippen molar-refractivity contribution in [2.75, 3.05) is 27.6 Å². The second kappa shape index (κ2) is 6.31. The molecule has 7 nitrogen and oxygen atoms in total. The number of fused-ring (bicyclic) bond motifs is 3. The van der Waals surface area contributed by atoms with Gasteiger partial charge in [-0.3, -0.25) is 0 Å². The van der Waals surface area contributed by atoms with Crippen molar-refractivity contribution in [3.05, 3.63) is 46.0 Å². The monoisotopic (exact) mass is 383 g/mol. The molecule has 0 fully saturated rings. The van der Waals surface area contributed by atoms with Gasteiger partial charge in [-0.2, -0.15) is 0 Å². The number of nitrogens with one attached hydrogen (secondary N) is 1. The Morgan fingerprint density at radius 1 is 1.18 bits per heavy atom. The van der Waals surface area contributed by atoms with E-state index in [9.17, 15) is 4.79 Å². The molecule has 2 atom stereocenters. The first-order valence-corrected chi connectivity index (χ1v) is 9.25. The number of cyclic esters (lactones) is 1. The van der Waals surface area contributed by atoms with E-state index in [0.29, 0.717) is 28.6 Å². The van der Waals surface area contributed by atoms with Crippen molar-refractivity contribution < 1.29 is 28.5 Å². The lowest BCUT2D eigenvalue weighted by molar-refractivity contribution is 0.0283. The summed E-state index contributed by atoms with van der Waals surface area (Å²) in [6.07, 6.45) is 0.369. The molecule has 3 aliphatic rings. The molecule has 5 rings (SSSR count). The fourth-order valence-corrected chi connectivity index (χ4v) is 4.48. The molecule has 0 spiro atoms. The van der Waals surface area contributed by atoms with Gasteiger partial charge < -0.3 is 29.0 Å². The molecular formula is C21H21NO6. The van der Waals surface area contributed by atoms with Gasteiger partial charge in [-0.25, -0.2) is 4.79 Å². The predicted molar refractivity (Wildman–Crippen MR) is 99.5 cm³/mol. The van der Waals surface area contributed by atoms with Gasteiger partial charge in [0.05, 0.1) is 25.8 Å². The molecule has 2 aromatic rings. The number of benzene rings is 2. The molecule has 2 aromatic carbocycles. The van der Waals surface area contributed by atoms with Gasteiger partial charge in [0.15, 0.2) is 11.5 Å². The van der Waals surface area contributed by atoms with Crippen LogP contribution in [0.15, 0.2) is 18.2 Å². The maximum atomic E-state index is 12.7. The van der Waals surface area contributed by atoms with E-state index in [-0.39, 0.29) is 18.8 Å². The van der Waals surface area contributed by atoms with Crippen molar-refractivity contribution in [2.45, 2.75) is 25.5 Å². The first-order valence-electron chi connectivity index (χ1n) is 9.25. The summed E-state index contributed by atoms with van der Waals surface area (Å²) < 4.78 is 28.1. The minimum absolute atomic E-state index is 0.174. The lowest BCUT2D eigenvalue weighted by Crippen LogP contribution is -2.34. The third-order valence-corrected chi connectivity index (χ3v) is 5.73. The minimum atomic E-state index is -0.458. The van der Waals surface area contributed by atoms with Crippen molar-refractivity contribution in [2.24, 2.45) is 0 Å². The van der Waals surface area contributed by atoms with Gasteiger partial charge in [0.2, 0.25) is 12.5 Å². The molecule has 28 heavy (non-hydrogen) atoms. The van der Waals surface area contributed by atoms with Crippen molar-refractivity contribution in [3.8, 4) is 23.0 Å². The summed E-state index contributed by atoms with van der Waals surface area (Å²) in [5, 5.41) is 3.51. The van der Waals surface area contributed by atoms with Crippen LogP contribution in [0.5, 0.6) is 23.0 Å². The Morgan fingerprint density at radius 2 is 2.04 bits per heavy atom. The van der Waals surface area contributed by atoms with Crippen LogP contribution in [-0.2, 0) is 11.2 Å². The van der Waals surface area contributed by atoms with Crippen LogP contribution in [0.4, 0.5) is 0 Å². The highest BCUT2D eigenvalue weighted by atomic mass is 16.7. The van der Waals surface area contributed by atoms with Crippen molar-refractivity contribution >= 4 is 5.97 Å². The van der Waals surface area contributed by atoms with Crippen LogP contribution in [0.1, 0.15) is 44.8 Å². The highest BCUT2D eigenvalue weighted by Gasteiger charge is 2.43. The molecular weight excluding hydrogens is 362 g/mol. The van der Waals surface area contributed by atoms with Crippen molar-refractivity contribution in [3.63, 3.8) is 0 Å². The summed E-state index contributed by atoms with van der Waals surface area (Å²) in [4.78, 5) is 12.7. The summed E-state index contributed by atoms with van der Waals surface area (Å²) in [6, 6.07) is 5.55. The van der Waals surface area contributed by atoms with E-state index in [1.165, 1.54) is 0 Å². The average Bonchev–Trinajstić information content (AvgIpc) is 3.30. The number of carbonyl (C=O) groups is 1. The third-order valence-electron chi connectivity index (χ3n) is 5.73. The zero-order chi connectivity index (χ0) is 19.4. The first kappa shape index (κ1) is 17.2. The molecule has 3 heterocycles. The largest absolute Gasteiger partial charge is 0.496 e. The molecule has 0 aromatic heterocycles. The number of ether oxygens (including phenoxy) is 5. The molecule has 1 unspecified atom stereocenters. The summed E-state index contributed by atoms with van der Waals surface area (Å²) >= 11 is 0. The molecule has 146 valence electrons. The van der Waals surface area contributed by atoms with Crippen LogP contribution in [-0.4, -0.2) is 33.5 Å². The number of esters is 1. The van der Waals surface area contributed by atoms with Crippen LogP contribution >= 0.6 is 0 Å². The number of methoxy groups -OCH3 is 2. The zero-order valence-corrected chi connectivity index (χ0v) is 16.0. The lowest BCUT2D eigenvalue weighted by Gasteiger charge is -2.32. The smallest absolute Gasteiger partial charge is 0.339 e. The van der Waals surface area contributed by atoms with Crippen LogP contribution in [0.25, 0.3) is 0 Å². The second-order valence-corrected chi connectivity index (χ2v) is 7.08. The third kappa shape index (κ3) is 2.29. The van der Waals surface area contributed by atoms with Gasteiger partial charge in [-0.05, 0) is 37.6 Å². The van der Waals surface area contributed by atoms with Gasteiger partial charge in [0, 0.05) is 16.7 Å². The van der Waals surface area contributed by atoms with Gasteiger partial charge >= 0.3 is 5.97 Å². The highest BCUT2D eigenvalue weighted by Crippen LogP contribution is 2.52. The summed E-state index contributed by atoms with van der Waals surface area (Å²) in [5.41, 5.74) is 4.30. The zero-order valence-electron chi connectivity index (χ0n) is 16.0. The Balaban J connectivity index is 1.65. The first-order chi connectivity index (χ1) is 13.6. The summed E-state index contributed by atoms with van der Waals surface area (Å²) in [7, 11) is 3.21. The van der Waals surface area contributed by atoms with E-state index < -0.39 is 6.10 Å². The van der Waals surface area contributed by atoms with Crippen LogP contribution in [0.3, 0.4) is 0 Å². The Bertz CT molecular complexity index is 986. The van der Waals surface area contributed by atoms with Crippen LogP contribution in [0.2, 0.25) is 0 Å². The van der Waals surface area contributed by atoms with E-state index in [1.54, 1.807) is 14.2 Å².